The van der Waals surface area contributed by atoms with Crippen LogP contribution in [0.4, 0.5) is 0 Å². The highest BCUT2D eigenvalue weighted by Crippen LogP contribution is 2.19. The molecule has 0 heterocycles. The molecule has 1 atom stereocenters. The van der Waals surface area contributed by atoms with E-state index in [1.807, 2.05) is 0 Å². The molecule has 0 fully saturated rings. The fourth-order valence-electron chi connectivity index (χ4n) is 1.31. The lowest BCUT2D eigenvalue weighted by atomic mass is 10.2. The van der Waals surface area contributed by atoms with Gasteiger partial charge < -0.3 is 15.2 Å². The van der Waals surface area contributed by atoms with Crippen LogP contribution < -0.4 is 10.1 Å². The Bertz CT molecular complexity index is 456. The summed E-state index contributed by atoms with van der Waals surface area (Å²) in [5, 5.41) is 11.5. The van der Waals surface area contributed by atoms with Gasteiger partial charge in [0.15, 0.2) is 6.10 Å². The summed E-state index contributed by atoms with van der Waals surface area (Å²) in [4.78, 5) is 22.5. The standard InChI is InChI=1S/C13H15NO4/c1-3-8-14-12(15)9(2)18-11-7-5-4-6-10(11)13(16)17/h3-7,9H,1,8H2,2H3,(H,14,15)(H,16,17). The summed E-state index contributed by atoms with van der Waals surface area (Å²) < 4.78 is 5.34. The topological polar surface area (TPSA) is 75.6 Å². The molecule has 0 bridgehead atoms. The van der Waals surface area contributed by atoms with E-state index in [1.54, 1.807) is 25.1 Å². The summed E-state index contributed by atoms with van der Waals surface area (Å²) in [5.41, 5.74) is 0.0286. The van der Waals surface area contributed by atoms with E-state index in [4.69, 9.17) is 9.84 Å². The van der Waals surface area contributed by atoms with Gasteiger partial charge in [-0.1, -0.05) is 18.2 Å². The van der Waals surface area contributed by atoms with E-state index in [9.17, 15) is 9.59 Å². The average Bonchev–Trinajstić information content (AvgIpc) is 2.36. The van der Waals surface area contributed by atoms with Gasteiger partial charge in [0.05, 0.1) is 0 Å². The van der Waals surface area contributed by atoms with Gasteiger partial charge in [-0.25, -0.2) is 4.79 Å². The smallest absolute Gasteiger partial charge is 0.339 e. The average molecular weight is 249 g/mol. The van der Waals surface area contributed by atoms with E-state index >= 15 is 0 Å². The van der Waals surface area contributed by atoms with Gasteiger partial charge in [-0.3, -0.25) is 4.79 Å². The van der Waals surface area contributed by atoms with Crippen LogP contribution in [0.1, 0.15) is 17.3 Å². The Morgan fingerprint density at radius 1 is 1.50 bits per heavy atom. The molecule has 0 saturated carbocycles. The second kappa shape index (κ2) is 6.44. The summed E-state index contributed by atoms with van der Waals surface area (Å²) in [7, 11) is 0. The van der Waals surface area contributed by atoms with Crippen LogP contribution in [0.5, 0.6) is 5.75 Å². The maximum Gasteiger partial charge on any atom is 0.339 e. The Kier molecular flexibility index (Phi) is 4.92. The number of benzene rings is 1. The second-order valence-corrected chi connectivity index (χ2v) is 3.60. The number of carbonyl (C=O) groups excluding carboxylic acids is 1. The lowest BCUT2D eigenvalue weighted by molar-refractivity contribution is -0.127. The Morgan fingerprint density at radius 2 is 2.17 bits per heavy atom. The van der Waals surface area contributed by atoms with Crippen molar-refractivity contribution in [3.63, 3.8) is 0 Å². The highest BCUT2D eigenvalue weighted by molar-refractivity contribution is 5.91. The van der Waals surface area contributed by atoms with Gasteiger partial charge in [0.1, 0.15) is 11.3 Å². The molecule has 5 heteroatoms. The number of nitrogens with one attached hydrogen (secondary N) is 1. The maximum atomic E-state index is 11.6. The zero-order valence-corrected chi connectivity index (χ0v) is 10.1. The van der Waals surface area contributed by atoms with Gasteiger partial charge in [-0.15, -0.1) is 6.58 Å². The summed E-state index contributed by atoms with van der Waals surface area (Å²) >= 11 is 0. The molecule has 0 aliphatic heterocycles. The normalized spacial score (nSPS) is 11.4. The third kappa shape index (κ3) is 3.62. The van der Waals surface area contributed by atoms with Gasteiger partial charge in [0.25, 0.3) is 5.91 Å². The van der Waals surface area contributed by atoms with Crippen molar-refractivity contribution in [1.82, 2.24) is 5.32 Å². The minimum atomic E-state index is -1.09. The first-order valence-electron chi connectivity index (χ1n) is 5.44. The summed E-state index contributed by atoms with van der Waals surface area (Å²) in [6.45, 7) is 5.37. The zero-order valence-electron chi connectivity index (χ0n) is 10.1. The molecule has 0 aliphatic carbocycles. The Labute approximate surface area is 105 Å². The fraction of sp³-hybridized carbons (Fsp3) is 0.231. The molecule has 2 N–H and O–H groups in total. The minimum Gasteiger partial charge on any atom is -0.480 e. The van der Waals surface area contributed by atoms with Gasteiger partial charge in [0.2, 0.25) is 0 Å². The van der Waals surface area contributed by atoms with E-state index in [-0.39, 0.29) is 17.2 Å². The second-order valence-electron chi connectivity index (χ2n) is 3.60. The number of hydrogen-bond donors (Lipinski definition) is 2. The van der Waals surface area contributed by atoms with Crippen LogP contribution in [0.3, 0.4) is 0 Å². The Morgan fingerprint density at radius 3 is 2.78 bits per heavy atom. The van der Waals surface area contributed by atoms with Crippen LogP contribution in [0.2, 0.25) is 0 Å². The highest BCUT2D eigenvalue weighted by atomic mass is 16.5. The predicted molar refractivity (Wildman–Crippen MR) is 66.7 cm³/mol. The fourth-order valence-corrected chi connectivity index (χ4v) is 1.31. The van der Waals surface area contributed by atoms with E-state index in [0.29, 0.717) is 6.54 Å². The van der Waals surface area contributed by atoms with Crippen molar-refractivity contribution in [3.8, 4) is 5.75 Å². The molecule has 96 valence electrons. The summed E-state index contributed by atoms with van der Waals surface area (Å²) in [5.74, 6) is -1.24. The van der Waals surface area contributed by atoms with Crippen molar-refractivity contribution in [2.24, 2.45) is 0 Å². The molecule has 1 aromatic rings. The largest absolute Gasteiger partial charge is 0.480 e. The molecule has 18 heavy (non-hydrogen) atoms. The number of para-hydroxylation sites is 1. The summed E-state index contributed by atoms with van der Waals surface area (Å²) in [6, 6.07) is 6.18. The van der Waals surface area contributed by atoms with Gasteiger partial charge in [-0.05, 0) is 19.1 Å². The first-order valence-corrected chi connectivity index (χ1v) is 5.44. The first-order chi connectivity index (χ1) is 8.56. The summed E-state index contributed by atoms with van der Waals surface area (Å²) in [6.07, 6.45) is 0.779. The van der Waals surface area contributed by atoms with Crippen LogP contribution in [0.25, 0.3) is 0 Å². The molecule has 1 amide bonds. The quantitative estimate of drug-likeness (QED) is 0.748. The van der Waals surface area contributed by atoms with Crippen molar-refractivity contribution in [2.45, 2.75) is 13.0 Å². The van der Waals surface area contributed by atoms with Crippen LogP contribution >= 0.6 is 0 Å². The third-order valence-corrected chi connectivity index (χ3v) is 2.21. The molecule has 1 unspecified atom stereocenters. The van der Waals surface area contributed by atoms with E-state index in [0.717, 1.165) is 0 Å². The molecular formula is C13H15NO4. The predicted octanol–water partition coefficient (Wildman–Crippen LogP) is 1.45. The Hall–Kier alpha value is -2.30. The van der Waals surface area contributed by atoms with Crippen molar-refractivity contribution in [3.05, 3.63) is 42.5 Å². The van der Waals surface area contributed by atoms with Crippen LogP contribution in [0, 0.1) is 0 Å². The van der Waals surface area contributed by atoms with Crippen molar-refractivity contribution in [1.29, 1.82) is 0 Å². The molecule has 0 spiro atoms. The molecule has 0 radical (unpaired) electrons. The van der Waals surface area contributed by atoms with Crippen LogP contribution in [-0.4, -0.2) is 29.6 Å². The minimum absolute atomic E-state index is 0.0286. The molecule has 0 aromatic heterocycles. The number of carboxylic acid groups (broad SMARTS) is 1. The van der Waals surface area contributed by atoms with E-state index in [2.05, 4.69) is 11.9 Å². The van der Waals surface area contributed by atoms with E-state index < -0.39 is 12.1 Å². The third-order valence-electron chi connectivity index (χ3n) is 2.21. The van der Waals surface area contributed by atoms with Gasteiger partial charge in [-0.2, -0.15) is 0 Å². The van der Waals surface area contributed by atoms with Crippen molar-refractivity contribution >= 4 is 11.9 Å². The number of aromatic carboxylic acids is 1. The van der Waals surface area contributed by atoms with Gasteiger partial charge >= 0.3 is 5.97 Å². The van der Waals surface area contributed by atoms with Gasteiger partial charge in [0, 0.05) is 6.54 Å². The number of carboxylic acids is 1. The van der Waals surface area contributed by atoms with Crippen LogP contribution in [0.15, 0.2) is 36.9 Å². The van der Waals surface area contributed by atoms with Crippen molar-refractivity contribution in [2.75, 3.05) is 6.54 Å². The SMILES string of the molecule is C=CCNC(=O)C(C)Oc1ccccc1C(=O)O. The van der Waals surface area contributed by atoms with E-state index in [1.165, 1.54) is 12.1 Å². The Balaban J connectivity index is 2.75. The van der Waals surface area contributed by atoms with Crippen LogP contribution in [-0.2, 0) is 4.79 Å². The lowest BCUT2D eigenvalue weighted by Crippen LogP contribution is -2.36. The number of hydrogen-bond acceptors (Lipinski definition) is 3. The number of amides is 1. The first kappa shape index (κ1) is 13.8. The monoisotopic (exact) mass is 249 g/mol. The maximum absolute atomic E-state index is 11.6. The molecule has 5 nitrogen and oxygen atoms in total. The molecule has 0 aliphatic rings. The molecular weight excluding hydrogens is 234 g/mol. The molecule has 0 saturated heterocycles. The molecule has 1 aromatic carbocycles. The number of ether oxygens (including phenoxy) is 1. The molecule has 1 rings (SSSR count). The highest BCUT2D eigenvalue weighted by Gasteiger charge is 2.17. The lowest BCUT2D eigenvalue weighted by Gasteiger charge is -2.15. The van der Waals surface area contributed by atoms with Crippen molar-refractivity contribution < 1.29 is 19.4 Å². The number of carbonyl (C=O) groups is 2. The zero-order chi connectivity index (χ0) is 13.5. The number of rotatable bonds is 6.